The molecular weight excluding hydrogens is 689 g/mol. The normalized spacial score (nSPS) is 12.0. The zero-order valence-electron chi connectivity index (χ0n) is 35.9. The van der Waals surface area contributed by atoms with Crippen molar-refractivity contribution in [1.29, 1.82) is 0 Å². The second-order valence-electron chi connectivity index (χ2n) is 13.0. The van der Waals surface area contributed by atoms with Crippen molar-refractivity contribution in [3.63, 3.8) is 0 Å². The Labute approximate surface area is 348 Å². The Kier molecular flexibility index (Phi) is 31.1. The van der Waals surface area contributed by atoms with Crippen LogP contribution < -0.4 is 11.7 Å². The predicted octanol–water partition coefficient (Wildman–Crippen LogP) is 14.9. The highest BCUT2D eigenvalue weighted by Gasteiger charge is 1.99. The van der Waals surface area contributed by atoms with E-state index in [0.717, 1.165) is 35.1 Å². The first-order valence-electron chi connectivity index (χ1n) is 20.0. The summed E-state index contributed by atoms with van der Waals surface area (Å²) in [6.45, 7) is 26.7. The summed E-state index contributed by atoms with van der Waals surface area (Å²) >= 11 is 0. The molecule has 0 saturated heterocycles. The lowest BCUT2D eigenvalue weighted by Gasteiger charge is -2.04. The van der Waals surface area contributed by atoms with E-state index in [-0.39, 0.29) is 0 Å². The fourth-order valence-corrected chi connectivity index (χ4v) is 5.13. The molecule has 0 spiro atoms. The Morgan fingerprint density at radius 2 is 1.16 bits per heavy atom. The minimum atomic E-state index is 0.468. The van der Waals surface area contributed by atoms with Crippen LogP contribution in [0.25, 0.3) is 11.1 Å². The van der Waals surface area contributed by atoms with Crippen LogP contribution in [0.1, 0.15) is 80.8 Å². The monoisotopic (exact) mass is 759 g/mol. The van der Waals surface area contributed by atoms with Gasteiger partial charge in [0.25, 0.3) is 0 Å². The highest BCUT2D eigenvalue weighted by atomic mass is 15.0. The van der Waals surface area contributed by atoms with Gasteiger partial charge in [0.2, 0.25) is 0 Å². The minimum absolute atomic E-state index is 0.468. The van der Waals surface area contributed by atoms with Crippen LogP contribution >= 0.6 is 0 Å². The fraction of sp³-hybridized carbons (Fsp3) is 0.200. The van der Waals surface area contributed by atoms with Crippen LogP contribution in [-0.4, -0.2) is 0 Å². The van der Waals surface area contributed by atoms with Gasteiger partial charge in [-0.3, -0.25) is 11.7 Å². The molecule has 0 bridgehead atoms. The Morgan fingerprint density at radius 3 is 1.74 bits per heavy atom. The Balaban J connectivity index is 0.00000125. The van der Waals surface area contributed by atoms with Gasteiger partial charge in [0.15, 0.2) is 0 Å². The largest absolute Gasteiger partial charge is 0.274 e. The number of benzene rings is 2. The van der Waals surface area contributed by atoms with Crippen LogP contribution in [0.4, 0.5) is 0 Å². The third-order valence-corrected chi connectivity index (χ3v) is 8.10. The molecule has 0 amide bonds. The number of nitrogens with two attached hydrogens (primary N) is 2. The number of hydrazine groups is 1. The van der Waals surface area contributed by atoms with Gasteiger partial charge in [0.05, 0.1) is 0 Å². The molecule has 2 nitrogen and oxygen atoms in total. The van der Waals surface area contributed by atoms with Crippen LogP contribution in [0, 0.1) is 12.8 Å². The van der Waals surface area contributed by atoms with Crippen LogP contribution in [0.5, 0.6) is 0 Å². The predicted molar refractivity (Wildman–Crippen MR) is 259 cm³/mol. The van der Waals surface area contributed by atoms with Crippen molar-refractivity contribution in [3.05, 3.63) is 253 Å². The molecule has 3 aromatic rings. The lowest BCUT2D eigenvalue weighted by atomic mass is 10.0. The number of allylic oxidation sites excluding steroid dienone is 19. The topological polar surface area (TPSA) is 52.0 Å². The average molecular weight is 759 g/mol. The molecule has 0 heterocycles. The minimum Gasteiger partial charge on any atom is -0.274 e. The fourth-order valence-electron chi connectivity index (χ4n) is 5.13. The quantitative estimate of drug-likeness (QED) is 0.0868. The third kappa shape index (κ3) is 25.1. The molecule has 0 aromatic heterocycles. The summed E-state index contributed by atoms with van der Waals surface area (Å²) < 4.78 is 0. The van der Waals surface area contributed by atoms with Crippen LogP contribution in [-0.2, 0) is 12.8 Å². The number of aryl methyl sites for hydroxylation is 1. The van der Waals surface area contributed by atoms with Crippen molar-refractivity contribution in [2.24, 2.45) is 17.6 Å². The Morgan fingerprint density at radius 1 is 0.614 bits per heavy atom. The van der Waals surface area contributed by atoms with Gasteiger partial charge < -0.3 is 0 Å². The van der Waals surface area contributed by atoms with Gasteiger partial charge in [-0.1, -0.05) is 260 Å². The van der Waals surface area contributed by atoms with E-state index in [9.17, 15) is 0 Å². The molecular formula is C55H70N2. The lowest BCUT2D eigenvalue weighted by molar-refractivity contribution is 0.832. The molecule has 1 atom stereocenters. The highest BCUT2D eigenvalue weighted by molar-refractivity contribution is 5.74. The zero-order valence-corrected chi connectivity index (χ0v) is 35.9. The maximum absolute atomic E-state index is 4.34. The molecule has 300 valence electrons. The van der Waals surface area contributed by atoms with Gasteiger partial charge in [-0.2, -0.15) is 0 Å². The standard InChI is InChI=1S/C36H38.C17H22.C2H6.H4N2/c1-6-9-10-11-14-22-33-24-17-25-35(34(7-2)8-3)26-18-27-36(29-33)31(5)20-13-12-15-21-32-23-16-19-30(4)28-32;1-15(2)11-7-4-5-8-12-16(3)17-13-9-6-10-14-17;2*1-2/h6-20,23-29H,1-2,5,21-22H2,3-4H3;4-16H,1-3H3;1-2H3;1-2H2/b10-9-,14-11-,15-12-,20-13-,24-17?,25-17?,26-18?,27-18?,33-24?,33-29?,34-8+,35-25?,35-26?,36-27?,36-29?;5-4-,11-7-,12-8+;;. The second kappa shape index (κ2) is 34.7. The van der Waals surface area contributed by atoms with Crippen LogP contribution in [0.3, 0.4) is 0 Å². The van der Waals surface area contributed by atoms with E-state index in [4.69, 9.17) is 0 Å². The molecule has 3 aromatic carbocycles. The molecule has 0 aliphatic heterocycles. The zero-order chi connectivity index (χ0) is 42.5. The molecule has 0 radical (unpaired) electrons. The summed E-state index contributed by atoms with van der Waals surface area (Å²) in [4.78, 5) is 0. The molecule has 57 heavy (non-hydrogen) atoms. The van der Waals surface area contributed by atoms with Gasteiger partial charge in [-0.05, 0) is 77.5 Å². The van der Waals surface area contributed by atoms with Gasteiger partial charge in [0, 0.05) is 0 Å². The van der Waals surface area contributed by atoms with Crippen molar-refractivity contribution in [3.8, 4) is 0 Å². The smallest absolute Gasteiger partial charge is 0.000732 e. The lowest BCUT2D eigenvalue weighted by Crippen LogP contribution is -2.02. The van der Waals surface area contributed by atoms with E-state index >= 15 is 0 Å². The summed E-state index contributed by atoms with van der Waals surface area (Å²) in [6.07, 6.45) is 36.7. The van der Waals surface area contributed by atoms with E-state index in [2.05, 4.69) is 229 Å². The number of hydrogen-bond acceptors (Lipinski definition) is 2. The maximum atomic E-state index is 4.34. The number of rotatable bonds is 16. The maximum Gasteiger partial charge on any atom is -0.000732 e. The highest BCUT2D eigenvalue weighted by Crippen LogP contribution is 2.18. The van der Waals surface area contributed by atoms with E-state index in [0.29, 0.717) is 11.8 Å². The van der Waals surface area contributed by atoms with Crippen molar-refractivity contribution in [1.82, 2.24) is 0 Å². The van der Waals surface area contributed by atoms with Gasteiger partial charge >= 0.3 is 0 Å². The van der Waals surface area contributed by atoms with Crippen LogP contribution in [0.15, 0.2) is 220 Å². The molecule has 0 saturated carbocycles. The molecule has 0 fully saturated rings. The molecule has 0 aliphatic rings. The SMILES string of the molecule is C=C/C=C\C=C/Cc1cccc(/C(C=C)=C/C)cccc(C(=C)/C=C\C=C/Cc2cccc(C)c2)c1.CC.CC(C)\C=C/C=C\C=C\C(C)c1ccccc1.NN. The average Bonchev–Trinajstić information content (AvgIpc) is 3.23. The summed E-state index contributed by atoms with van der Waals surface area (Å²) in [5.74, 6) is 9.09. The summed E-state index contributed by atoms with van der Waals surface area (Å²) in [7, 11) is 0. The van der Waals surface area contributed by atoms with Crippen LogP contribution in [0.2, 0.25) is 0 Å². The van der Waals surface area contributed by atoms with Gasteiger partial charge in [0.1, 0.15) is 0 Å². The summed E-state index contributed by atoms with van der Waals surface area (Å²) in [5, 5.41) is 0. The molecule has 4 N–H and O–H groups in total. The Bertz CT molecular complexity index is 1870. The third-order valence-electron chi connectivity index (χ3n) is 8.10. The van der Waals surface area contributed by atoms with E-state index in [1.807, 2.05) is 45.1 Å². The number of hydrogen-bond donors (Lipinski definition) is 2. The first kappa shape index (κ1) is 51.2. The summed E-state index contributed by atoms with van der Waals surface area (Å²) in [6, 6.07) is 34.0. The van der Waals surface area contributed by atoms with E-state index in [1.165, 1.54) is 22.3 Å². The second-order valence-corrected chi connectivity index (χ2v) is 13.0. The van der Waals surface area contributed by atoms with Crippen molar-refractivity contribution < 1.29 is 0 Å². The molecule has 3 rings (SSSR count). The van der Waals surface area contributed by atoms with E-state index < -0.39 is 0 Å². The van der Waals surface area contributed by atoms with Gasteiger partial charge in [-0.15, -0.1) is 0 Å². The summed E-state index contributed by atoms with van der Waals surface area (Å²) in [5.41, 5.74) is 9.41. The first-order valence-corrected chi connectivity index (χ1v) is 20.0. The molecule has 2 heteroatoms. The van der Waals surface area contributed by atoms with Gasteiger partial charge in [-0.25, -0.2) is 0 Å². The van der Waals surface area contributed by atoms with Crippen molar-refractivity contribution >= 4 is 11.1 Å². The Hall–Kier alpha value is -5.80. The van der Waals surface area contributed by atoms with Crippen molar-refractivity contribution in [2.75, 3.05) is 0 Å². The van der Waals surface area contributed by atoms with E-state index in [1.54, 1.807) is 6.08 Å². The first-order chi connectivity index (χ1) is 27.8. The van der Waals surface area contributed by atoms with Crippen molar-refractivity contribution in [2.45, 2.75) is 67.2 Å². The molecule has 1 unspecified atom stereocenters. The molecule has 0 aliphatic carbocycles.